The van der Waals surface area contributed by atoms with Gasteiger partial charge < -0.3 is 10.6 Å². The summed E-state index contributed by atoms with van der Waals surface area (Å²) in [5.41, 5.74) is -0.0148. The van der Waals surface area contributed by atoms with Crippen molar-refractivity contribution >= 4 is 5.91 Å². The fraction of sp³-hybridized carbons (Fsp3) is 0.929. The molecule has 0 aromatic heterocycles. The van der Waals surface area contributed by atoms with Crippen molar-refractivity contribution in [3.63, 3.8) is 0 Å². The van der Waals surface area contributed by atoms with Gasteiger partial charge in [0.25, 0.3) is 0 Å². The number of rotatable bonds is 5. The van der Waals surface area contributed by atoms with Gasteiger partial charge in [-0.15, -0.1) is 0 Å². The van der Waals surface area contributed by atoms with E-state index in [4.69, 9.17) is 0 Å². The predicted octanol–water partition coefficient (Wildman–Crippen LogP) is 1.76. The number of nitrogens with zero attached hydrogens (tertiary/aromatic N) is 1. The minimum Gasteiger partial charge on any atom is -0.355 e. The molecule has 0 radical (unpaired) electrons. The van der Waals surface area contributed by atoms with Gasteiger partial charge in [-0.1, -0.05) is 0 Å². The van der Waals surface area contributed by atoms with Crippen LogP contribution < -0.4 is 10.6 Å². The molecule has 0 aromatic rings. The molecule has 0 aromatic carbocycles. The number of amides is 1. The van der Waals surface area contributed by atoms with Gasteiger partial charge in [0.1, 0.15) is 0 Å². The molecule has 1 aliphatic rings. The summed E-state index contributed by atoms with van der Waals surface area (Å²) in [7, 11) is 0. The Morgan fingerprint density at radius 2 is 1.90 bits per heavy atom. The summed E-state index contributed by atoms with van der Waals surface area (Å²) in [5.74, 6) is -0.478. The second kappa shape index (κ2) is 7.45. The second-order valence-corrected chi connectivity index (χ2v) is 6.66. The topological polar surface area (TPSA) is 44.4 Å². The monoisotopic (exact) mass is 309 g/mol. The van der Waals surface area contributed by atoms with E-state index in [1.807, 2.05) is 20.8 Å². The lowest BCUT2D eigenvalue weighted by atomic mass is 9.97. The van der Waals surface area contributed by atoms with Crippen LogP contribution in [0.25, 0.3) is 0 Å². The number of carbonyl (C=O) groups is 1. The Labute approximate surface area is 124 Å². The number of hydrogen-bond donors (Lipinski definition) is 2. The molecule has 0 spiro atoms. The lowest BCUT2D eigenvalue weighted by Gasteiger charge is -2.32. The zero-order valence-corrected chi connectivity index (χ0v) is 13.0. The number of hydrogen-bond acceptors (Lipinski definition) is 3. The molecule has 0 bridgehead atoms. The highest BCUT2D eigenvalue weighted by Gasteiger charge is 2.34. The van der Waals surface area contributed by atoms with Gasteiger partial charge in [0.2, 0.25) is 5.91 Å². The van der Waals surface area contributed by atoms with Gasteiger partial charge in [0.05, 0.1) is 12.5 Å². The summed E-state index contributed by atoms with van der Waals surface area (Å²) in [4.78, 5) is 13.3. The zero-order chi connectivity index (χ0) is 16.1. The highest BCUT2D eigenvalue weighted by molar-refractivity contribution is 5.78. The third kappa shape index (κ3) is 8.26. The molecule has 21 heavy (non-hydrogen) atoms. The molecule has 1 rings (SSSR count). The fourth-order valence-electron chi connectivity index (χ4n) is 2.43. The van der Waals surface area contributed by atoms with Gasteiger partial charge in [-0.3, -0.25) is 9.69 Å². The van der Waals surface area contributed by atoms with E-state index >= 15 is 0 Å². The van der Waals surface area contributed by atoms with Crippen molar-refractivity contribution in [1.82, 2.24) is 15.5 Å². The summed E-state index contributed by atoms with van der Waals surface area (Å²) in [6.45, 7) is 6.91. The average Bonchev–Trinajstić information content (AvgIpc) is 2.31. The minimum absolute atomic E-state index is 0.0148. The van der Waals surface area contributed by atoms with Crippen LogP contribution in [0.15, 0.2) is 0 Å². The molecule has 1 aliphatic heterocycles. The van der Waals surface area contributed by atoms with Crippen LogP contribution in [-0.4, -0.2) is 55.2 Å². The maximum atomic E-state index is 12.4. The third-order valence-electron chi connectivity index (χ3n) is 3.36. The van der Waals surface area contributed by atoms with Crippen LogP contribution in [0.1, 0.15) is 33.6 Å². The molecule has 1 unspecified atom stereocenters. The van der Waals surface area contributed by atoms with Gasteiger partial charge >= 0.3 is 6.18 Å². The molecule has 1 amide bonds. The Bertz CT molecular complexity index is 339. The summed E-state index contributed by atoms with van der Waals surface area (Å²) >= 11 is 0. The summed E-state index contributed by atoms with van der Waals surface area (Å²) in [6.07, 6.45) is -2.91. The molecular weight excluding hydrogens is 283 g/mol. The molecular formula is C14H26F3N3O. The summed E-state index contributed by atoms with van der Waals surface area (Å²) < 4.78 is 37.1. The van der Waals surface area contributed by atoms with Crippen molar-refractivity contribution in [2.75, 3.05) is 32.7 Å². The average molecular weight is 309 g/mol. The Hall–Kier alpha value is -0.820. The fourth-order valence-corrected chi connectivity index (χ4v) is 2.43. The van der Waals surface area contributed by atoms with E-state index in [1.165, 1.54) is 4.90 Å². The molecule has 2 N–H and O–H groups in total. The SMILES string of the molecule is CC(C)(C)NCCNC(=O)C1CCCN(CC(F)(F)F)C1. The molecule has 1 saturated heterocycles. The molecule has 1 heterocycles. The number of carbonyl (C=O) groups excluding carboxylic acids is 1. The Kier molecular flexibility index (Phi) is 6.46. The quantitative estimate of drug-likeness (QED) is 0.761. The minimum atomic E-state index is -4.20. The second-order valence-electron chi connectivity index (χ2n) is 6.66. The molecule has 1 fully saturated rings. The first-order chi connectivity index (χ1) is 9.57. The van der Waals surface area contributed by atoms with Crippen LogP contribution in [0.4, 0.5) is 13.2 Å². The van der Waals surface area contributed by atoms with E-state index in [9.17, 15) is 18.0 Å². The van der Waals surface area contributed by atoms with Crippen molar-refractivity contribution in [2.24, 2.45) is 5.92 Å². The normalized spacial score (nSPS) is 21.3. The van der Waals surface area contributed by atoms with Crippen LogP contribution in [0.3, 0.4) is 0 Å². The lowest BCUT2D eigenvalue weighted by molar-refractivity contribution is -0.152. The van der Waals surface area contributed by atoms with Crippen molar-refractivity contribution < 1.29 is 18.0 Å². The number of piperidine rings is 1. The van der Waals surface area contributed by atoms with E-state index in [-0.39, 0.29) is 23.9 Å². The van der Waals surface area contributed by atoms with Gasteiger partial charge in [-0.2, -0.15) is 13.2 Å². The molecule has 124 valence electrons. The summed E-state index contributed by atoms with van der Waals surface area (Å²) in [5, 5.41) is 6.05. The lowest BCUT2D eigenvalue weighted by Crippen LogP contribution is -2.47. The Morgan fingerprint density at radius 3 is 2.48 bits per heavy atom. The predicted molar refractivity (Wildman–Crippen MR) is 76.0 cm³/mol. The molecule has 0 saturated carbocycles. The molecule has 1 atom stereocenters. The molecule has 4 nitrogen and oxygen atoms in total. The number of halogens is 3. The van der Waals surface area contributed by atoms with Crippen LogP contribution >= 0.6 is 0 Å². The first kappa shape index (κ1) is 18.2. The maximum absolute atomic E-state index is 12.4. The molecule has 7 heteroatoms. The first-order valence-electron chi connectivity index (χ1n) is 7.39. The smallest absolute Gasteiger partial charge is 0.355 e. The van der Waals surface area contributed by atoms with Crippen molar-refractivity contribution in [1.29, 1.82) is 0 Å². The van der Waals surface area contributed by atoms with Crippen LogP contribution in [0.2, 0.25) is 0 Å². The van der Waals surface area contributed by atoms with Crippen molar-refractivity contribution in [3.05, 3.63) is 0 Å². The Morgan fingerprint density at radius 1 is 1.24 bits per heavy atom. The van der Waals surface area contributed by atoms with E-state index in [0.29, 0.717) is 32.5 Å². The van der Waals surface area contributed by atoms with Crippen molar-refractivity contribution in [2.45, 2.75) is 45.3 Å². The van der Waals surface area contributed by atoms with Gasteiger partial charge in [0, 0.05) is 25.2 Å². The number of likely N-dealkylation sites (tertiary alicyclic amines) is 1. The largest absolute Gasteiger partial charge is 0.401 e. The van der Waals surface area contributed by atoms with Crippen LogP contribution in [0.5, 0.6) is 0 Å². The number of alkyl halides is 3. The van der Waals surface area contributed by atoms with Gasteiger partial charge in [-0.05, 0) is 40.2 Å². The maximum Gasteiger partial charge on any atom is 0.401 e. The van der Waals surface area contributed by atoms with E-state index in [1.54, 1.807) is 0 Å². The van der Waals surface area contributed by atoms with Crippen molar-refractivity contribution in [3.8, 4) is 0 Å². The standard InChI is InChI=1S/C14H26F3N3O/c1-13(2,3)19-7-6-18-12(21)11-5-4-8-20(9-11)10-14(15,16)17/h11,19H,4-10H2,1-3H3,(H,18,21). The third-order valence-corrected chi connectivity index (χ3v) is 3.36. The van der Waals surface area contributed by atoms with Crippen LogP contribution in [0, 0.1) is 5.92 Å². The van der Waals surface area contributed by atoms with Gasteiger partial charge in [0.15, 0.2) is 0 Å². The molecule has 0 aliphatic carbocycles. The van der Waals surface area contributed by atoms with Gasteiger partial charge in [-0.25, -0.2) is 0 Å². The zero-order valence-electron chi connectivity index (χ0n) is 13.0. The highest BCUT2D eigenvalue weighted by Crippen LogP contribution is 2.22. The highest BCUT2D eigenvalue weighted by atomic mass is 19.4. The summed E-state index contributed by atoms with van der Waals surface area (Å²) in [6, 6.07) is 0. The number of nitrogens with one attached hydrogen (secondary N) is 2. The first-order valence-corrected chi connectivity index (χ1v) is 7.39. The van der Waals surface area contributed by atoms with E-state index < -0.39 is 12.7 Å². The Balaban J connectivity index is 2.30. The van der Waals surface area contributed by atoms with E-state index in [2.05, 4.69) is 10.6 Å². The van der Waals surface area contributed by atoms with E-state index in [0.717, 1.165) is 0 Å². The van der Waals surface area contributed by atoms with Crippen LogP contribution in [-0.2, 0) is 4.79 Å².